The van der Waals surface area contributed by atoms with Crippen LogP contribution in [0.3, 0.4) is 0 Å². The molecule has 5 amide bonds. The summed E-state index contributed by atoms with van der Waals surface area (Å²) in [6.45, 7) is 8.36. The summed E-state index contributed by atoms with van der Waals surface area (Å²) in [5.74, 6) is -6.87. The third-order valence-corrected chi connectivity index (χ3v) is 22.0. The van der Waals surface area contributed by atoms with Crippen LogP contribution in [0, 0.1) is 13.8 Å². The Hall–Kier alpha value is -7.85. The van der Waals surface area contributed by atoms with Crippen LogP contribution in [0.4, 0.5) is 5.95 Å². The molecule has 2 aromatic heterocycles. The fourth-order valence-electron chi connectivity index (χ4n) is 12.4. The van der Waals surface area contributed by atoms with Crippen LogP contribution < -0.4 is 46.8 Å². The number of nitrogens with zero attached hydrogens (tertiary/aromatic N) is 6. The standard InChI is InChI=1S/C69H110N14O28S3/c1-5-80-19-21-81(23-24-83(43-59(89)90)26-25-82(22-20-80)42-58(87)88)41-57(86)77-51(12-13-56(85)71-18-30-110-68-62(93)64(114(103,104)105)61(92)54(111-68)44-112(98,99)100)66(95)72-15-8-28-107-32-34-108-33-31-106-27-7-14-70-55(84)9-6-29-109-48-35-45(2)63(46(3)36-48)113(101,102)78-52(67(96)97)39-75-65(94)50-40-79(4)53-37-47(10-11-49(53)60(50)91)38-76-69-73-16-17-74-69/h10-11,16-17,35-37,40,51-52,54,61-62,64,68,78,92-93,98-100,103-105H,5-9,12-15,18-34,38-39,41-44H2,1-4H3,(H,70,84)(H,71,85)(H,72,95)(H,75,94)(H,77,86)(H,87,88)(H,89,90)(H,96,97)(H2,73,74,76)/t51-,52+,54?,61?,62?,64?,68?/m1/s1. The van der Waals surface area contributed by atoms with Crippen LogP contribution in [0.1, 0.15) is 72.5 Å². The first kappa shape index (κ1) is 95.0. The van der Waals surface area contributed by atoms with Crippen molar-refractivity contribution < 1.29 is 128 Å². The maximum atomic E-state index is 13.9. The summed E-state index contributed by atoms with van der Waals surface area (Å²) in [6.07, 6.45) is -2.50. The molecule has 6 rings (SSSR count). The number of hydrogen-bond donors (Lipinski definition) is 19. The molecule has 2 aliphatic rings. The molecule has 4 heterocycles. The van der Waals surface area contributed by atoms with Crippen LogP contribution in [-0.4, -0.2) is 348 Å². The summed E-state index contributed by atoms with van der Waals surface area (Å²) in [4.78, 5) is 130. The van der Waals surface area contributed by atoms with Crippen molar-refractivity contribution in [3.05, 3.63) is 81.4 Å². The average molecular weight is 1680 g/mol. The Labute approximate surface area is 662 Å². The van der Waals surface area contributed by atoms with E-state index in [1.807, 2.05) is 6.92 Å². The second-order valence-corrected chi connectivity index (χ2v) is 32.1. The second kappa shape index (κ2) is 47.4. The van der Waals surface area contributed by atoms with Gasteiger partial charge in [0.2, 0.25) is 39.1 Å². The van der Waals surface area contributed by atoms with Gasteiger partial charge in [-0.05, 0) is 87.0 Å². The van der Waals surface area contributed by atoms with E-state index in [0.717, 1.165) is 5.56 Å². The molecule has 5 unspecified atom stereocenters. The first-order valence-electron chi connectivity index (χ1n) is 36.9. The zero-order chi connectivity index (χ0) is 83.7. The maximum absolute atomic E-state index is 13.9. The number of carboxylic acids is 3. The Morgan fingerprint density at radius 2 is 1.24 bits per heavy atom. The number of aliphatic hydroxyl groups excluding tert-OH is 2. The van der Waals surface area contributed by atoms with Gasteiger partial charge in [0.1, 0.15) is 47.0 Å². The van der Waals surface area contributed by atoms with Crippen LogP contribution in [-0.2, 0) is 80.9 Å². The summed E-state index contributed by atoms with van der Waals surface area (Å²) in [6, 6.07) is 4.93. The molecular weight excluding hydrogens is 1570 g/mol. The van der Waals surface area contributed by atoms with Gasteiger partial charge in [0.05, 0.1) is 97.2 Å². The number of carbonyl (C=O) groups is 8. The highest BCUT2D eigenvalue weighted by Crippen LogP contribution is 2.49. The van der Waals surface area contributed by atoms with E-state index in [1.165, 1.54) is 32.2 Å². The van der Waals surface area contributed by atoms with Crippen molar-refractivity contribution in [2.24, 2.45) is 7.05 Å². The maximum Gasteiger partial charge on any atom is 0.323 e. The number of ether oxygens (including phenoxy) is 6. The lowest BCUT2D eigenvalue weighted by Gasteiger charge is -2.47. The van der Waals surface area contributed by atoms with Gasteiger partial charge >= 0.3 is 17.9 Å². The SMILES string of the molecule is CCN1CCN(CC(=O)O)CCN(CC(=O)O)CCN(CC(=O)N[C@H](CCC(=O)NCCOC2OC(CS(O)(O)O)C(O)C(S(O)(O)O)C2O)C(=O)NCCCOCCOCCOCCCNC(=O)CCCOc2cc(C)c(S(=O)(=O)N[C@@H](CNC(=O)c3cn(C)c4cc(CNc5ncc[nH]5)ccc4c3=O)C(=O)O)c(C)c2)CC1. The van der Waals surface area contributed by atoms with Gasteiger partial charge in [0.25, 0.3) is 5.91 Å². The van der Waals surface area contributed by atoms with Gasteiger partial charge in [-0.15, -0.1) is 0 Å². The predicted molar refractivity (Wildman–Crippen MR) is 415 cm³/mol. The summed E-state index contributed by atoms with van der Waals surface area (Å²) in [5, 5.41) is 64.9. The van der Waals surface area contributed by atoms with E-state index in [-0.39, 0.29) is 151 Å². The van der Waals surface area contributed by atoms with Gasteiger partial charge in [-0.25, -0.2) is 13.4 Å². The van der Waals surface area contributed by atoms with Crippen LogP contribution in [0.5, 0.6) is 5.75 Å². The fourth-order valence-corrected chi connectivity index (χ4v) is 15.8. The number of rotatable bonds is 48. The highest BCUT2D eigenvalue weighted by Gasteiger charge is 2.53. The molecule has 42 nitrogen and oxygen atoms in total. The van der Waals surface area contributed by atoms with Crippen LogP contribution >= 0.6 is 21.7 Å². The van der Waals surface area contributed by atoms with E-state index < -0.39 is 140 Å². The number of imidazole rings is 1. The smallest absolute Gasteiger partial charge is 0.323 e. The minimum Gasteiger partial charge on any atom is -0.494 e. The number of likely N-dealkylation sites (N-methyl/N-ethyl adjacent to an activating group) is 1. The number of aliphatic hydroxyl groups is 2. The van der Waals surface area contributed by atoms with Crippen molar-refractivity contribution in [1.82, 2.24) is 65.4 Å². The fraction of sp³-hybridized carbons (Fsp3) is 0.623. The number of H-pyrrole nitrogens is 1. The minimum atomic E-state index is -4.70. The number of aromatic amines is 1. The van der Waals surface area contributed by atoms with E-state index in [2.05, 4.69) is 51.5 Å². The number of hydrogen-bond acceptors (Lipinski definition) is 31. The summed E-state index contributed by atoms with van der Waals surface area (Å²) in [7, 11) is -11.9. The molecule has 0 radical (unpaired) electrons. The highest BCUT2D eigenvalue weighted by molar-refractivity contribution is 8.20. The molecule has 0 bridgehead atoms. The molecular formula is C69H110N14O28S3. The normalized spacial score (nSPS) is 18.8. The number of benzene rings is 2. The number of aromatic nitrogens is 3. The van der Waals surface area contributed by atoms with Crippen molar-refractivity contribution in [2.45, 2.75) is 113 Å². The third-order valence-electron chi connectivity index (χ3n) is 18.2. The van der Waals surface area contributed by atoms with Crippen molar-refractivity contribution >= 4 is 96.1 Å². The molecule has 0 saturated carbocycles. The van der Waals surface area contributed by atoms with Crippen molar-refractivity contribution in [1.29, 1.82) is 0 Å². The van der Waals surface area contributed by atoms with Crippen molar-refractivity contribution in [3.8, 4) is 5.75 Å². The second-order valence-electron chi connectivity index (χ2n) is 27.1. The largest absolute Gasteiger partial charge is 0.494 e. The number of pyridine rings is 1. The Morgan fingerprint density at radius 3 is 1.80 bits per heavy atom. The van der Waals surface area contributed by atoms with Crippen LogP contribution in [0.2, 0.25) is 0 Å². The summed E-state index contributed by atoms with van der Waals surface area (Å²) >= 11 is 0. The summed E-state index contributed by atoms with van der Waals surface area (Å²) < 4.78 is 123. The number of fused-ring (bicyclic) bond motifs is 1. The Balaban J connectivity index is 0.864. The zero-order valence-electron chi connectivity index (χ0n) is 64.1. The van der Waals surface area contributed by atoms with Crippen molar-refractivity contribution in [3.63, 3.8) is 0 Å². The molecule has 114 heavy (non-hydrogen) atoms. The molecule has 2 saturated heterocycles. The monoisotopic (exact) mass is 1680 g/mol. The molecule has 7 atom stereocenters. The molecule has 2 aliphatic heterocycles. The van der Waals surface area contributed by atoms with E-state index in [9.17, 15) is 104 Å². The summed E-state index contributed by atoms with van der Waals surface area (Å²) in [5.41, 5.74) is 0.953. The Morgan fingerprint density at radius 1 is 0.667 bits per heavy atom. The molecule has 0 spiro atoms. The van der Waals surface area contributed by atoms with Gasteiger partial charge in [-0.2, -0.15) is 4.72 Å². The van der Waals surface area contributed by atoms with Crippen LogP contribution in [0.25, 0.3) is 10.9 Å². The van der Waals surface area contributed by atoms with E-state index in [1.54, 1.807) is 56.9 Å². The topological polar surface area (TPSA) is 596 Å². The molecule has 0 aliphatic carbocycles. The van der Waals surface area contributed by atoms with Crippen molar-refractivity contribution in [2.75, 3.05) is 169 Å². The van der Waals surface area contributed by atoms with Gasteiger partial charge in [-0.3, -0.25) is 57.9 Å². The molecule has 2 fully saturated rings. The third kappa shape index (κ3) is 33.0. The van der Waals surface area contributed by atoms with E-state index in [0.29, 0.717) is 88.9 Å². The van der Waals surface area contributed by atoms with E-state index in [4.69, 9.17) is 28.4 Å². The van der Waals surface area contributed by atoms with Gasteiger partial charge < -0.3 is 128 Å². The molecule has 642 valence electrons. The Bertz CT molecular complexity index is 3930. The lowest BCUT2D eigenvalue weighted by atomic mass is 10.0. The number of aryl methyl sites for hydroxylation is 3. The molecule has 19 N–H and O–H groups in total. The number of carbonyl (C=O) groups excluding carboxylic acids is 5. The van der Waals surface area contributed by atoms with Gasteiger partial charge in [0.15, 0.2) is 12.2 Å². The number of amides is 5. The zero-order valence-corrected chi connectivity index (χ0v) is 66.5. The quantitative estimate of drug-likeness (QED) is 0.0235. The number of aliphatic carboxylic acids is 3. The number of anilines is 1. The predicted octanol–water partition coefficient (Wildman–Crippen LogP) is -1.06. The van der Waals surface area contributed by atoms with E-state index >= 15 is 0 Å². The van der Waals surface area contributed by atoms with Gasteiger partial charge in [0, 0.05) is 142 Å². The first-order chi connectivity index (χ1) is 54.0. The number of sulfonamides is 1. The average Bonchev–Trinajstić information content (AvgIpc) is 1.13. The highest BCUT2D eigenvalue weighted by atomic mass is 32.3. The molecule has 2 aromatic carbocycles. The molecule has 4 aromatic rings. The van der Waals surface area contributed by atoms with Crippen LogP contribution in [0.15, 0.2) is 58.6 Å². The molecule has 45 heteroatoms. The lowest BCUT2D eigenvalue weighted by Crippen LogP contribution is -2.60. The first-order valence-corrected chi connectivity index (χ1v) is 41.6. The number of carboxylic acid groups (broad SMARTS) is 3. The Kier molecular flexibility index (Phi) is 39.5. The minimum absolute atomic E-state index is 0.0937. The lowest BCUT2D eigenvalue weighted by molar-refractivity contribution is -0.258. The number of nitrogens with one attached hydrogen (secondary N) is 8. The van der Waals surface area contributed by atoms with Gasteiger partial charge in [-0.1, -0.05) is 13.0 Å².